The van der Waals surface area contributed by atoms with Crippen LogP contribution in [0.15, 0.2) is 0 Å². The first-order chi connectivity index (χ1) is 4.81. The van der Waals surface area contributed by atoms with E-state index in [0.29, 0.717) is 6.61 Å². The first kappa shape index (κ1) is 13.2. The van der Waals surface area contributed by atoms with Crippen LogP contribution in [0.5, 0.6) is 0 Å². The van der Waals surface area contributed by atoms with E-state index in [9.17, 15) is 0 Å². The Balaban J connectivity index is 0. The van der Waals surface area contributed by atoms with Crippen LogP contribution in [-0.2, 0) is 4.74 Å². The Morgan fingerprint density at radius 2 is 2.00 bits per heavy atom. The van der Waals surface area contributed by atoms with Crippen LogP contribution in [0.4, 0.5) is 0 Å². The SMILES string of the molecule is CCCCC(=N)CCOC.O. The summed E-state index contributed by atoms with van der Waals surface area (Å²) in [5.74, 6) is 0. The predicted molar refractivity (Wildman–Crippen MR) is 47.4 cm³/mol. The van der Waals surface area contributed by atoms with Crippen LogP contribution in [0.1, 0.15) is 32.6 Å². The van der Waals surface area contributed by atoms with E-state index in [1.54, 1.807) is 7.11 Å². The molecule has 0 saturated carbocycles. The number of rotatable bonds is 6. The number of hydrogen-bond acceptors (Lipinski definition) is 2. The van der Waals surface area contributed by atoms with Crippen LogP contribution in [0, 0.1) is 5.41 Å². The maximum absolute atomic E-state index is 7.42. The van der Waals surface area contributed by atoms with Gasteiger partial charge in [0.25, 0.3) is 0 Å². The third-order valence-electron chi connectivity index (χ3n) is 1.44. The van der Waals surface area contributed by atoms with Gasteiger partial charge in [0.05, 0.1) is 6.61 Å². The molecule has 0 aliphatic heterocycles. The van der Waals surface area contributed by atoms with Crippen molar-refractivity contribution in [3.63, 3.8) is 0 Å². The molecule has 0 fully saturated rings. The van der Waals surface area contributed by atoms with Gasteiger partial charge in [0.15, 0.2) is 0 Å². The summed E-state index contributed by atoms with van der Waals surface area (Å²) in [6.45, 7) is 2.84. The Kier molecular flexibility index (Phi) is 11.5. The predicted octanol–water partition coefficient (Wildman–Crippen LogP) is 1.41. The Bertz CT molecular complexity index is 84.1. The first-order valence-electron chi connectivity index (χ1n) is 3.86. The monoisotopic (exact) mass is 161 g/mol. The molecule has 0 saturated heterocycles. The minimum Gasteiger partial charge on any atom is -0.412 e. The van der Waals surface area contributed by atoms with Gasteiger partial charge in [-0.05, 0) is 12.8 Å². The van der Waals surface area contributed by atoms with Crippen molar-refractivity contribution >= 4 is 5.71 Å². The van der Waals surface area contributed by atoms with E-state index in [1.807, 2.05) is 0 Å². The molecular formula is C8H19NO2. The lowest BCUT2D eigenvalue weighted by Crippen LogP contribution is -2.00. The second kappa shape index (κ2) is 9.59. The zero-order valence-electron chi connectivity index (χ0n) is 7.44. The molecule has 0 aromatic carbocycles. The lowest BCUT2D eigenvalue weighted by Gasteiger charge is -2.00. The van der Waals surface area contributed by atoms with Crippen LogP contribution < -0.4 is 0 Å². The third kappa shape index (κ3) is 9.59. The molecule has 0 aliphatic rings. The average Bonchev–Trinajstić information content (AvgIpc) is 1.97. The van der Waals surface area contributed by atoms with Gasteiger partial charge in [-0.2, -0.15) is 0 Å². The van der Waals surface area contributed by atoms with Gasteiger partial charge in [0, 0.05) is 19.2 Å². The van der Waals surface area contributed by atoms with Crippen molar-refractivity contribution in [2.24, 2.45) is 0 Å². The Hall–Kier alpha value is -0.410. The lowest BCUT2D eigenvalue weighted by molar-refractivity contribution is 0.207. The molecule has 0 amide bonds. The minimum atomic E-state index is 0. The topological polar surface area (TPSA) is 64.6 Å². The molecule has 0 bridgehead atoms. The molecule has 0 aliphatic carbocycles. The first-order valence-corrected chi connectivity index (χ1v) is 3.86. The summed E-state index contributed by atoms with van der Waals surface area (Å²) in [5.41, 5.74) is 0.823. The molecule has 11 heavy (non-hydrogen) atoms. The summed E-state index contributed by atoms with van der Waals surface area (Å²) < 4.78 is 4.85. The van der Waals surface area contributed by atoms with Crippen LogP contribution in [0.2, 0.25) is 0 Å². The highest BCUT2D eigenvalue weighted by atomic mass is 16.5. The number of nitrogens with one attached hydrogen (secondary N) is 1. The molecular weight excluding hydrogens is 142 g/mol. The van der Waals surface area contributed by atoms with E-state index in [0.717, 1.165) is 25.0 Å². The van der Waals surface area contributed by atoms with Gasteiger partial charge >= 0.3 is 0 Å². The Morgan fingerprint density at radius 1 is 1.36 bits per heavy atom. The molecule has 0 heterocycles. The average molecular weight is 161 g/mol. The van der Waals surface area contributed by atoms with Crippen molar-refractivity contribution < 1.29 is 10.2 Å². The summed E-state index contributed by atoms with van der Waals surface area (Å²) in [4.78, 5) is 0. The molecule has 0 spiro atoms. The molecule has 68 valence electrons. The molecule has 0 unspecified atom stereocenters. The molecule has 0 atom stereocenters. The fourth-order valence-corrected chi connectivity index (χ4v) is 0.740. The molecule has 0 aromatic rings. The van der Waals surface area contributed by atoms with Gasteiger partial charge in [0.1, 0.15) is 0 Å². The van der Waals surface area contributed by atoms with E-state index in [4.69, 9.17) is 10.1 Å². The van der Waals surface area contributed by atoms with Gasteiger partial charge in [-0.3, -0.25) is 0 Å². The summed E-state index contributed by atoms with van der Waals surface area (Å²) in [6.07, 6.45) is 4.06. The smallest absolute Gasteiger partial charge is 0.0514 e. The fourth-order valence-electron chi connectivity index (χ4n) is 0.740. The van der Waals surface area contributed by atoms with Gasteiger partial charge in [-0.1, -0.05) is 13.3 Å². The Morgan fingerprint density at radius 3 is 2.45 bits per heavy atom. The number of unbranched alkanes of at least 4 members (excludes halogenated alkanes) is 1. The second-order valence-corrected chi connectivity index (χ2v) is 2.45. The quantitative estimate of drug-likeness (QED) is 0.588. The highest BCUT2D eigenvalue weighted by Crippen LogP contribution is 1.98. The molecule has 3 heteroatoms. The van der Waals surface area contributed by atoms with E-state index in [1.165, 1.54) is 6.42 Å². The summed E-state index contributed by atoms with van der Waals surface area (Å²) in [7, 11) is 1.67. The standard InChI is InChI=1S/C8H17NO.H2O/c1-3-4-5-8(9)6-7-10-2;/h9H,3-7H2,1-2H3;1H2. The van der Waals surface area contributed by atoms with E-state index < -0.39 is 0 Å². The maximum Gasteiger partial charge on any atom is 0.0514 e. The maximum atomic E-state index is 7.42. The molecule has 0 aromatic heterocycles. The van der Waals surface area contributed by atoms with Crippen LogP contribution in [-0.4, -0.2) is 24.9 Å². The summed E-state index contributed by atoms with van der Waals surface area (Å²) in [6, 6.07) is 0. The van der Waals surface area contributed by atoms with E-state index in [2.05, 4.69) is 6.92 Å². The number of methoxy groups -OCH3 is 1. The van der Waals surface area contributed by atoms with Crippen molar-refractivity contribution in [2.45, 2.75) is 32.6 Å². The van der Waals surface area contributed by atoms with Crippen molar-refractivity contribution in [2.75, 3.05) is 13.7 Å². The summed E-state index contributed by atoms with van der Waals surface area (Å²) >= 11 is 0. The number of ether oxygens (including phenoxy) is 1. The normalized spacial score (nSPS) is 8.91. The zero-order valence-corrected chi connectivity index (χ0v) is 7.44. The van der Waals surface area contributed by atoms with Crippen LogP contribution in [0.25, 0.3) is 0 Å². The fraction of sp³-hybridized carbons (Fsp3) is 0.875. The summed E-state index contributed by atoms with van der Waals surface area (Å²) in [5, 5.41) is 7.42. The third-order valence-corrected chi connectivity index (χ3v) is 1.44. The molecule has 0 radical (unpaired) electrons. The van der Waals surface area contributed by atoms with Crippen LogP contribution in [0.3, 0.4) is 0 Å². The van der Waals surface area contributed by atoms with Crippen molar-refractivity contribution in [1.29, 1.82) is 5.41 Å². The van der Waals surface area contributed by atoms with Gasteiger partial charge < -0.3 is 15.6 Å². The number of hydrogen-bond donors (Lipinski definition) is 1. The molecule has 0 rings (SSSR count). The van der Waals surface area contributed by atoms with Gasteiger partial charge in [-0.25, -0.2) is 0 Å². The minimum absolute atomic E-state index is 0. The van der Waals surface area contributed by atoms with Gasteiger partial charge in [0.2, 0.25) is 0 Å². The van der Waals surface area contributed by atoms with Gasteiger partial charge in [-0.15, -0.1) is 0 Å². The largest absolute Gasteiger partial charge is 0.412 e. The molecule has 3 nitrogen and oxygen atoms in total. The van der Waals surface area contributed by atoms with Crippen molar-refractivity contribution in [3.05, 3.63) is 0 Å². The molecule has 3 N–H and O–H groups in total. The van der Waals surface area contributed by atoms with Crippen LogP contribution >= 0.6 is 0 Å². The highest BCUT2D eigenvalue weighted by molar-refractivity contribution is 5.81. The lowest BCUT2D eigenvalue weighted by atomic mass is 10.1. The van der Waals surface area contributed by atoms with Crippen molar-refractivity contribution in [1.82, 2.24) is 0 Å². The Labute approximate surface area is 68.6 Å². The van der Waals surface area contributed by atoms with Crippen molar-refractivity contribution in [3.8, 4) is 0 Å². The second-order valence-electron chi connectivity index (χ2n) is 2.45. The highest BCUT2D eigenvalue weighted by Gasteiger charge is 1.94. The zero-order chi connectivity index (χ0) is 7.82. The van der Waals surface area contributed by atoms with E-state index in [-0.39, 0.29) is 5.48 Å². The van der Waals surface area contributed by atoms with E-state index >= 15 is 0 Å².